The number of aliphatic hydroxyl groups is 2. The summed E-state index contributed by atoms with van der Waals surface area (Å²) in [4.78, 5) is 24.5. The number of allylic oxidation sites excluding steroid dienone is 6. The summed E-state index contributed by atoms with van der Waals surface area (Å²) >= 11 is 0. The van der Waals surface area contributed by atoms with Gasteiger partial charge in [0.05, 0.1) is 25.4 Å². The highest BCUT2D eigenvalue weighted by Gasteiger charge is 2.20. The Kier molecular flexibility index (Phi) is 52.1. The fourth-order valence-electron chi connectivity index (χ4n) is 8.57. The first-order chi connectivity index (χ1) is 31.5. The molecule has 2 atom stereocenters. The SMILES string of the molecule is CCCCC/C=C\CCCCCCCC(=O)OCCCCC/C=C\C=C/CCCCCCCCCCCCC(=O)NC(CO)C(O)CCCCCCCCCCCCCCCCCC. The van der Waals surface area contributed by atoms with Crippen molar-refractivity contribution in [3.63, 3.8) is 0 Å². The van der Waals surface area contributed by atoms with Crippen LogP contribution in [0.1, 0.15) is 296 Å². The number of amides is 1. The average molecular weight is 901 g/mol. The molecule has 0 aliphatic carbocycles. The first-order valence-corrected chi connectivity index (χ1v) is 28.3. The van der Waals surface area contributed by atoms with E-state index in [0.29, 0.717) is 25.9 Å². The number of aliphatic hydroxyl groups excluding tert-OH is 2. The second kappa shape index (κ2) is 53.7. The van der Waals surface area contributed by atoms with Crippen molar-refractivity contribution in [1.82, 2.24) is 5.32 Å². The molecule has 3 N–H and O–H groups in total. The molecule has 0 aromatic rings. The number of esters is 1. The molecule has 6 nitrogen and oxygen atoms in total. The van der Waals surface area contributed by atoms with E-state index in [-0.39, 0.29) is 18.5 Å². The molecule has 0 bridgehead atoms. The molecule has 0 saturated heterocycles. The van der Waals surface area contributed by atoms with Gasteiger partial charge in [0.25, 0.3) is 0 Å². The molecule has 376 valence electrons. The Bertz CT molecular complexity index is 1040. The van der Waals surface area contributed by atoms with E-state index in [4.69, 9.17) is 4.74 Å². The van der Waals surface area contributed by atoms with E-state index in [1.807, 2.05) is 0 Å². The lowest BCUT2D eigenvalue weighted by Crippen LogP contribution is -2.45. The number of hydrogen-bond acceptors (Lipinski definition) is 5. The van der Waals surface area contributed by atoms with Gasteiger partial charge in [-0.2, -0.15) is 0 Å². The maximum Gasteiger partial charge on any atom is 0.305 e. The minimum absolute atomic E-state index is 0.0236. The van der Waals surface area contributed by atoms with E-state index in [9.17, 15) is 19.8 Å². The molecular formula is C58H109NO5. The Balaban J connectivity index is 3.49. The van der Waals surface area contributed by atoms with Crippen molar-refractivity contribution < 1.29 is 24.5 Å². The van der Waals surface area contributed by atoms with Crippen LogP contribution < -0.4 is 5.32 Å². The van der Waals surface area contributed by atoms with Crippen LogP contribution >= 0.6 is 0 Å². The molecule has 0 fully saturated rings. The third-order valence-electron chi connectivity index (χ3n) is 12.9. The van der Waals surface area contributed by atoms with Crippen molar-refractivity contribution in [2.75, 3.05) is 13.2 Å². The van der Waals surface area contributed by atoms with Crippen molar-refractivity contribution in [2.24, 2.45) is 0 Å². The van der Waals surface area contributed by atoms with Gasteiger partial charge in [-0.1, -0.05) is 237 Å². The Morgan fingerprint density at radius 1 is 0.438 bits per heavy atom. The van der Waals surface area contributed by atoms with Gasteiger partial charge in [0.15, 0.2) is 0 Å². The zero-order valence-electron chi connectivity index (χ0n) is 42.8. The second-order valence-electron chi connectivity index (χ2n) is 19.3. The van der Waals surface area contributed by atoms with Gasteiger partial charge in [0, 0.05) is 12.8 Å². The second-order valence-corrected chi connectivity index (χ2v) is 19.3. The largest absolute Gasteiger partial charge is 0.466 e. The topological polar surface area (TPSA) is 95.9 Å². The molecular weight excluding hydrogens is 791 g/mol. The van der Waals surface area contributed by atoms with Crippen molar-refractivity contribution >= 4 is 11.9 Å². The molecule has 0 rings (SSSR count). The summed E-state index contributed by atoms with van der Waals surface area (Å²) in [6, 6.07) is -0.549. The fourth-order valence-corrected chi connectivity index (χ4v) is 8.57. The van der Waals surface area contributed by atoms with Crippen LogP contribution in [-0.4, -0.2) is 47.4 Å². The van der Waals surface area contributed by atoms with Crippen LogP contribution in [0.2, 0.25) is 0 Å². The predicted molar refractivity (Wildman–Crippen MR) is 278 cm³/mol. The third-order valence-corrected chi connectivity index (χ3v) is 12.9. The number of ether oxygens (including phenoxy) is 1. The van der Waals surface area contributed by atoms with Crippen LogP contribution in [0.4, 0.5) is 0 Å². The van der Waals surface area contributed by atoms with Crippen LogP contribution in [0.25, 0.3) is 0 Å². The van der Waals surface area contributed by atoms with Crippen molar-refractivity contribution in [1.29, 1.82) is 0 Å². The quantitative estimate of drug-likeness (QED) is 0.0245. The van der Waals surface area contributed by atoms with E-state index in [1.165, 1.54) is 193 Å². The van der Waals surface area contributed by atoms with Gasteiger partial charge < -0.3 is 20.3 Å². The van der Waals surface area contributed by atoms with Crippen LogP contribution in [0.3, 0.4) is 0 Å². The molecule has 2 unspecified atom stereocenters. The normalized spacial score (nSPS) is 12.9. The number of carbonyl (C=O) groups excluding carboxylic acids is 2. The predicted octanol–water partition coefficient (Wildman–Crippen LogP) is 17.2. The van der Waals surface area contributed by atoms with Gasteiger partial charge >= 0.3 is 5.97 Å². The molecule has 0 radical (unpaired) electrons. The molecule has 0 aliphatic heterocycles. The van der Waals surface area contributed by atoms with Crippen LogP contribution in [0.5, 0.6) is 0 Å². The fraction of sp³-hybridized carbons (Fsp3) is 0.862. The lowest BCUT2D eigenvalue weighted by molar-refractivity contribution is -0.143. The van der Waals surface area contributed by atoms with Crippen LogP contribution in [0, 0.1) is 0 Å². The van der Waals surface area contributed by atoms with Crippen molar-refractivity contribution in [2.45, 2.75) is 309 Å². The van der Waals surface area contributed by atoms with Gasteiger partial charge in [-0.3, -0.25) is 9.59 Å². The lowest BCUT2D eigenvalue weighted by Gasteiger charge is -2.22. The highest BCUT2D eigenvalue weighted by molar-refractivity contribution is 5.76. The molecule has 0 saturated carbocycles. The number of nitrogens with one attached hydrogen (secondary N) is 1. The maximum absolute atomic E-state index is 12.5. The number of unbranched alkanes of at least 4 members (excludes halogenated alkanes) is 36. The van der Waals surface area contributed by atoms with E-state index >= 15 is 0 Å². The number of rotatable bonds is 52. The summed E-state index contributed by atoms with van der Waals surface area (Å²) in [6.45, 7) is 4.89. The summed E-state index contributed by atoms with van der Waals surface area (Å²) in [5, 5.41) is 23.3. The maximum atomic E-state index is 12.5. The van der Waals surface area contributed by atoms with Gasteiger partial charge in [-0.05, 0) is 83.5 Å². The average Bonchev–Trinajstić information content (AvgIpc) is 3.29. The molecule has 1 amide bonds. The molecule has 0 aromatic carbocycles. The van der Waals surface area contributed by atoms with E-state index in [1.54, 1.807) is 0 Å². The summed E-state index contributed by atoms with van der Waals surface area (Å²) in [5.41, 5.74) is 0. The van der Waals surface area contributed by atoms with Gasteiger partial charge in [-0.15, -0.1) is 0 Å². The highest BCUT2D eigenvalue weighted by Crippen LogP contribution is 2.17. The standard InChI is InChI=1S/C58H109NO5/c1-3-5-7-9-11-13-15-17-18-24-27-30-34-38-42-46-50-56(61)55(54-60)59-57(62)51-47-43-39-35-31-28-25-22-20-19-21-23-26-29-33-37-41-45-49-53-64-58(63)52-48-44-40-36-32-16-14-12-10-8-6-4-2/h12,14,23,26,29,33,55-56,60-61H,3-11,13,15-22,24-25,27-28,30-32,34-54H2,1-2H3,(H,59,62)/b14-12-,26-23-,33-29-. The number of hydrogen-bond donors (Lipinski definition) is 3. The summed E-state index contributed by atoms with van der Waals surface area (Å²) in [5.74, 6) is -0.0678. The smallest absolute Gasteiger partial charge is 0.305 e. The van der Waals surface area contributed by atoms with E-state index < -0.39 is 12.1 Å². The monoisotopic (exact) mass is 900 g/mol. The van der Waals surface area contributed by atoms with Crippen molar-refractivity contribution in [3.8, 4) is 0 Å². The zero-order chi connectivity index (χ0) is 46.5. The van der Waals surface area contributed by atoms with Crippen molar-refractivity contribution in [3.05, 3.63) is 36.5 Å². The molecule has 0 heterocycles. The first kappa shape index (κ1) is 62.1. The minimum atomic E-state index is -0.671. The lowest BCUT2D eigenvalue weighted by atomic mass is 10.0. The van der Waals surface area contributed by atoms with Crippen LogP contribution in [-0.2, 0) is 14.3 Å². The minimum Gasteiger partial charge on any atom is -0.466 e. The highest BCUT2D eigenvalue weighted by atomic mass is 16.5. The first-order valence-electron chi connectivity index (χ1n) is 28.3. The zero-order valence-corrected chi connectivity index (χ0v) is 42.8. The molecule has 0 spiro atoms. The van der Waals surface area contributed by atoms with Gasteiger partial charge in [-0.25, -0.2) is 0 Å². The van der Waals surface area contributed by atoms with Gasteiger partial charge in [0.1, 0.15) is 0 Å². The summed E-state index contributed by atoms with van der Waals surface area (Å²) < 4.78 is 5.43. The molecule has 0 aliphatic rings. The third kappa shape index (κ3) is 49.5. The number of carbonyl (C=O) groups is 2. The van der Waals surface area contributed by atoms with E-state index in [0.717, 1.165) is 70.6 Å². The Morgan fingerprint density at radius 2 is 0.781 bits per heavy atom. The molecule has 6 heteroatoms. The Morgan fingerprint density at radius 3 is 1.23 bits per heavy atom. The van der Waals surface area contributed by atoms with Crippen LogP contribution in [0.15, 0.2) is 36.5 Å². The summed E-state index contributed by atoms with van der Waals surface area (Å²) in [7, 11) is 0. The molecule has 64 heavy (non-hydrogen) atoms. The molecule has 0 aromatic heterocycles. The Hall–Kier alpha value is -1.92. The van der Waals surface area contributed by atoms with E-state index in [2.05, 4.69) is 55.6 Å². The summed E-state index contributed by atoms with van der Waals surface area (Å²) in [6.07, 6.45) is 65.6. The van der Waals surface area contributed by atoms with Gasteiger partial charge in [0.2, 0.25) is 5.91 Å². The Labute approximate surface area is 398 Å².